The number of hydrazine groups is 1. The van der Waals surface area contributed by atoms with Crippen LogP contribution in [-0.4, -0.2) is 9.97 Å². The van der Waals surface area contributed by atoms with Crippen LogP contribution in [0.25, 0.3) is 10.8 Å². The maximum absolute atomic E-state index is 5.76. The Morgan fingerprint density at radius 2 is 2.21 bits per heavy atom. The van der Waals surface area contributed by atoms with Crippen LogP contribution < -0.4 is 11.3 Å². The summed E-state index contributed by atoms with van der Waals surface area (Å²) in [7, 11) is 0. The number of rotatable bonds is 3. The van der Waals surface area contributed by atoms with Gasteiger partial charge in [-0.2, -0.15) is 0 Å². The molecule has 2 aromatic heterocycles. The lowest BCUT2D eigenvalue weighted by Crippen LogP contribution is -2.28. The number of nitrogens with one attached hydrogen (secondary N) is 1. The number of aromatic nitrogens is 2. The van der Waals surface area contributed by atoms with Crippen molar-refractivity contribution in [2.75, 3.05) is 0 Å². The van der Waals surface area contributed by atoms with Gasteiger partial charge in [0.1, 0.15) is 0 Å². The Kier molecular flexibility index (Phi) is 3.25. The Bertz CT molecular complexity index is 702. The third-order valence-electron chi connectivity index (χ3n) is 3.24. The normalized spacial score (nSPS) is 12.7. The van der Waals surface area contributed by atoms with E-state index in [1.165, 1.54) is 0 Å². The number of hydrogen-bond donors (Lipinski definition) is 2. The van der Waals surface area contributed by atoms with Crippen molar-refractivity contribution >= 4 is 22.1 Å². The van der Waals surface area contributed by atoms with E-state index in [4.69, 9.17) is 5.84 Å². The fourth-order valence-electron chi connectivity index (χ4n) is 2.28. The van der Waals surface area contributed by atoms with Crippen LogP contribution in [0.15, 0.2) is 42.2 Å². The highest BCUT2D eigenvalue weighted by Crippen LogP contribution is 2.31. The summed E-state index contributed by atoms with van der Waals surface area (Å²) in [6, 6.07) is 8.14. The Morgan fingerprint density at radius 1 is 1.32 bits per heavy atom. The van der Waals surface area contributed by atoms with Gasteiger partial charge in [0.25, 0.3) is 0 Å². The van der Waals surface area contributed by atoms with Gasteiger partial charge in [-0.05, 0) is 23.9 Å². The molecular formula is C14H14N4S. The topological polar surface area (TPSA) is 63.8 Å². The molecule has 3 rings (SSSR count). The van der Waals surface area contributed by atoms with Crippen LogP contribution in [0.4, 0.5) is 0 Å². The van der Waals surface area contributed by atoms with Crippen molar-refractivity contribution in [1.82, 2.24) is 15.4 Å². The van der Waals surface area contributed by atoms with E-state index in [0.717, 1.165) is 26.9 Å². The van der Waals surface area contributed by atoms with Gasteiger partial charge in [0, 0.05) is 17.8 Å². The second-order valence-electron chi connectivity index (χ2n) is 4.35. The number of fused-ring (bicyclic) bond motifs is 1. The summed E-state index contributed by atoms with van der Waals surface area (Å²) in [4.78, 5) is 9.65. The van der Waals surface area contributed by atoms with E-state index < -0.39 is 0 Å². The lowest BCUT2D eigenvalue weighted by atomic mass is 9.99. The van der Waals surface area contributed by atoms with E-state index >= 15 is 0 Å². The number of nitrogens with zero attached hydrogens (tertiary/aromatic N) is 2. The van der Waals surface area contributed by atoms with Crippen LogP contribution in [0.5, 0.6) is 0 Å². The van der Waals surface area contributed by atoms with Crippen molar-refractivity contribution in [3.8, 4) is 0 Å². The van der Waals surface area contributed by atoms with E-state index in [9.17, 15) is 0 Å². The average molecular weight is 270 g/mol. The van der Waals surface area contributed by atoms with Crippen LogP contribution in [0.1, 0.15) is 22.2 Å². The Hall–Kier alpha value is -1.82. The number of nitrogens with two attached hydrogens (primary N) is 1. The van der Waals surface area contributed by atoms with Crippen LogP contribution in [0.3, 0.4) is 0 Å². The fourth-order valence-corrected chi connectivity index (χ4v) is 3.16. The van der Waals surface area contributed by atoms with E-state index in [-0.39, 0.29) is 6.04 Å². The summed E-state index contributed by atoms with van der Waals surface area (Å²) in [5, 5.41) is 2.27. The van der Waals surface area contributed by atoms with Crippen LogP contribution in [0.2, 0.25) is 0 Å². The number of pyridine rings is 1. The third-order valence-corrected chi connectivity index (χ3v) is 4.24. The average Bonchev–Trinajstić information content (AvgIpc) is 2.86. The minimum absolute atomic E-state index is 0.0552. The van der Waals surface area contributed by atoms with E-state index in [2.05, 4.69) is 27.5 Å². The summed E-state index contributed by atoms with van der Waals surface area (Å²) < 4.78 is 0. The molecule has 0 amide bonds. The van der Waals surface area contributed by atoms with Gasteiger partial charge in [0.2, 0.25) is 0 Å². The molecule has 5 heteroatoms. The smallest absolute Gasteiger partial charge is 0.0827 e. The summed E-state index contributed by atoms with van der Waals surface area (Å²) in [5.74, 6) is 5.76. The van der Waals surface area contributed by atoms with E-state index in [1.54, 1.807) is 17.5 Å². The molecule has 0 spiro atoms. The summed E-state index contributed by atoms with van der Waals surface area (Å²) in [6.07, 6.45) is 3.68. The lowest BCUT2D eigenvalue weighted by molar-refractivity contribution is 0.646. The van der Waals surface area contributed by atoms with Crippen molar-refractivity contribution in [1.29, 1.82) is 0 Å². The van der Waals surface area contributed by atoms with Crippen molar-refractivity contribution < 1.29 is 0 Å². The Labute approximate surface area is 115 Å². The van der Waals surface area contributed by atoms with Gasteiger partial charge in [-0.3, -0.25) is 10.8 Å². The molecule has 19 heavy (non-hydrogen) atoms. The second kappa shape index (κ2) is 5.05. The molecule has 0 radical (unpaired) electrons. The molecule has 1 atom stereocenters. The summed E-state index contributed by atoms with van der Waals surface area (Å²) in [5.41, 5.74) is 6.88. The molecule has 3 aromatic rings. The van der Waals surface area contributed by atoms with Crippen molar-refractivity contribution in [3.05, 3.63) is 58.3 Å². The highest BCUT2D eigenvalue weighted by atomic mass is 32.1. The molecule has 0 aliphatic carbocycles. The maximum atomic E-state index is 5.76. The van der Waals surface area contributed by atoms with Gasteiger partial charge >= 0.3 is 0 Å². The van der Waals surface area contributed by atoms with E-state index in [1.807, 2.05) is 30.8 Å². The largest absolute Gasteiger partial charge is 0.271 e. The predicted octanol–water partition coefficient (Wildman–Crippen LogP) is 2.55. The predicted molar refractivity (Wildman–Crippen MR) is 77.8 cm³/mol. The van der Waals surface area contributed by atoms with Crippen molar-refractivity contribution in [2.24, 2.45) is 5.84 Å². The van der Waals surface area contributed by atoms with Crippen LogP contribution in [0, 0.1) is 6.92 Å². The number of aryl methyl sites for hydroxylation is 1. The maximum Gasteiger partial charge on any atom is 0.0827 e. The van der Waals surface area contributed by atoms with Crippen LogP contribution >= 0.6 is 11.3 Å². The minimum Gasteiger partial charge on any atom is -0.271 e. The zero-order valence-electron chi connectivity index (χ0n) is 10.5. The first kappa shape index (κ1) is 12.2. The number of benzene rings is 1. The monoisotopic (exact) mass is 270 g/mol. The number of thiazole rings is 1. The summed E-state index contributed by atoms with van der Waals surface area (Å²) >= 11 is 1.61. The molecule has 0 saturated heterocycles. The molecule has 2 heterocycles. The molecule has 0 aliphatic heterocycles. The lowest BCUT2D eigenvalue weighted by Gasteiger charge is -2.17. The molecule has 96 valence electrons. The van der Waals surface area contributed by atoms with Gasteiger partial charge in [0.05, 0.1) is 22.1 Å². The molecule has 0 saturated carbocycles. The van der Waals surface area contributed by atoms with Gasteiger partial charge in [0.15, 0.2) is 0 Å². The molecule has 4 nitrogen and oxygen atoms in total. The zero-order chi connectivity index (χ0) is 13.2. The molecule has 0 aliphatic rings. The first-order valence-electron chi connectivity index (χ1n) is 6.00. The second-order valence-corrected chi connectivity index (χ2v) is 5.23. The van der Waals surface area contributed by atoms with Crippen LogP contribution in [-0.2, 0) is 0 Å². The van der Waals surface area contributed by atoms with Crippen molar-refractivity contribution in [3.63, 3.8) is 0 Å². The Balaban J connectivity index is 2.20. The highest BCUT2D eigenvalue weighted by Gasteiger charge is 2.18. The molecule has 3 N–H and O–H groups in total. The molecule has 0 bridgehead atoms. The highest BCUT2D eigenvalue weighted by molar-refractivity contribution is 7.09. The standard InChI is InChI=1S/C14H14N4S/c1-9-14(19-8-17-9)13(18-15)11-4-2-3-10-5-6-16-7-12(10)11/h2-8,13,18H,15H2,1H3. The summed E-state index contributed by atoms with van der Waals surface area (Å²) in [6.45, 7) is 2.00. The van der Waals surface area contributed by atoms with Gasteiger partial charge in [-0.15, -0.1) is 11.3 Å². The van der Waals surface area contributed by atoms with E-state index in [0.29, 0.717) is 0 Å². The first-order valence-corrected chi connectivity index (χ1v) is 6.88. The molecule has 1 unspecified atom stereocenters. The molecule has 1 aromatic carbocycles. The van der Waals surface area contributed by atoms with Gasteiger partial charge in [-0.25, -0.2) is 10.4 Å². The minimum atomic E-state index is -0.0552. The SMILES string of the molecule is Cc1ncsc1C(NN)c1cccc2ccncc12. The molecule has 0 fully saturated rings. The number of hydrogen-bond acceptors (Lipinski definition) is 5. The van der Waals surface area contributed by atoms with Gasteiger partial charge in [-0.1, -0.05) is 18.2 Å². The quantitative estimate of drug-likeness (QED) is 0.567. The fraction of sp³-hybridized carbons (Fsp3) is 0.143. The van der Waals surface area contributed by atoms with Crippen molar-refractivity contribution in [2.45, 2.75) is 13.0 Å². The zero-order valence-corrected chi connectivity index (χ0v) is 11.3. The Morgan fingerprint density at radius 3 is 2.95 bits per heavy atom. The first-order chi connectivity index (χ1) is 9.31. The van der Waals surface area contributed by atoms with Gasteiger partial charge < -0.3 is 0 Å². The molecular weight excluding hydrogens is 256 g/mol. The third kappa shape index (κ3) is 2.12.